The van der Waals surface area contributed by atoms with E-state index in [-0.39, 0.29) is 5.91 Å². The number of piperidine rings is 1. The van der Waals surface area contributed by atoms with Gasteiger partial charge in [0.15, 0.2) is 0 Å². The number of nitrogens with zero attached hydrogens (tertiary/aromatic N) is 4. The first-order valence-corrected chi connectivity index (χ1v) is 7.14. The van der Waals surface area contributed by atoms with Gasteiger partial charge in [0.05, 0.1) is 18.0 Å². The molecule has 5 heteroatoms. The Morgan fingerprint density at radius 2 is 2.00 bits per heavy atom. The summed E-state index contributed by atoms with van der Waals surface area (Å²) in [7, 11) is 0. The van der Waals surface area contributed by atoms with E-state index in [0.717, 1.165) is 19.5 Å². The van der Waals surface area contributed by atoms with E-state index in [0.29, 0.717) is 11.6 Å². The third-order valence-corrected chi connectivity index (χ3v) is 4.19. The SMILES string of the molecule is O=C(c1ccnnc1)N1CCC(N2CCCCC2)C1. The Bertz CT molecular complexity index is 430. The minimum absolute atomic E-state index is 0.0920. The number of carbonyl (C=O) groups excluding carboxylic acids is 1. The van der Waals surface area contributed by atoms with Crippen LogP contribution in [-0.4, -0.2) is 58.1 Å². The molecule has 1 unspecified atom stereocenters. The molecule has 0 aliphatic carbocycles. The van der Waals surface area contributed by atoms with Gasteiger partial charge in [-0.1, -0.05) is 6.42 Å². The van der Waals surface area contributed by atoms with Gasteiger partial charge in [0, 0.05) is 19.1 Å². The van der Waals surface area contributed by atoms with E-state index in [4.69, 9.17) is 0 Å². The first kappa shape index (κ1) is 12.5. The fourth-order valence-electron chi connectivity index (χ4n) is 3.11. The van der Waals surface area contributed by atoms with Crippen LogP contribution in [0.1, 0.15) is 36.0 Å². The Labute approximate surface area is 113 Å². The monoisotopic (exact) mass is 260 g/mol. The summed E-state index contributed by atoms with van der Waals surface area (Å²) in [6, 6.07) is 2.29. The number of carbonyl (C=O) groups is 1. The topological polar surface area (TPSA) is 49.3 Å². The number of aromatic nitrogens is 2. The molecule has 1 aromatic heterocycles. The van der Waals surface area contributed by atoms with Crippen molar-refractivity contribution < 1.29 is 4.79 Å². The highest BCUT2D eigenvalue weighted by Crippen LogP contribution is 2.21. The van der Waals surface area contributed by atoms with Gasteiger partial charge in [-0.25, -0.2) is 0 Å². The van der Waals surface area contributed by atoms with Crippen molar-refractivity contribution in [1.29, 1.82) is 0 Å². The Hall–Kier alpha value is -1.49. The molecule has 2 aliphatic heterocycles. The van der Waals surface area contributed by atoms with Gasteiger partial charge in [-0.05, 0) is 38.4 Å². The van der Waals surface area contributed by atoms with E-state index in [1.165, 1.54) is 32.4 Å². The minimum Gasteiger partial charge on any atom is -0.337 e. The number of likely N-dealkylation sites (tertiary alicyclic amines) is 2. The second-order valence-electron chi connectivity index (χ2n) is 5.42. The molecule has 0 saturated carbocycles. The molecule has 5 nitrogen and oxygen atoms in total. The summed E-state index contributed by atoms with van der Waals surface area (Å²) in [5, 5.41) is 7.49. The summed E-state index contributed by atoms with van der Waals surface area (Å²) in [4.78, 5) is 16.8. The molecule has 0 radical (unpaired) electrons. The van der Waals surface area contributed by atoms with Crippen LogP contribution in [0.3, 0.4) is 0 Å². The number of hydrogen-bond acceptors (Lipinski definition) is 4. The van der Waals surface area contributed by atoms with Crippen molar-refractivity contribution in [2.75, 3.05) is 26.2 Å². The van der Waals surface area contributed by atoms with Crippen LogP contribution in [0.15, 0.2) is 18.5 Å². The molecule has 19 heavy (non-hydrogen) atoms. The van der Waals surface area contributed by atoms with Gasteiger partial charge in [0.1, 0.15) is 0 Å². The third kappa shape index (κ3) is 2.76. The van der Waals surface area contributed by atoms with Crippen molar-refractivity contribution in [3.63, 3.8) is 0 Å². The summed E-state index contributed by atoms with van der Waals surface area (Å²) >= 11 is 0. The summed E-state index contributed by atoms with van der Waals surface area (Å²) in [5.74, 6) is 0.0920. The van der Waals surface area contributed by atoms with Crippen LogP contribution < -0.4 is 0 Å². The molecule has 1 amide bonds. The fourth-order valence-corrected chi connectivity index (χ4v) is 3.11. The average molecular weight is 260 g/mol. The zero-order valence-electron chi connectivity index (χ0n) is 11.2. The molecule has 3 rings (SSSR count). The summed E-state index contributed by atoms with van der Waals surface area (Å²) in [5.41, 5.74) is 0.647. The summed E-state index contributed by atoms with van der Waals surface area (Å²) < 4.78 is 0. The molecular formula is C14H20N4O. The van der Waals surface area contributed by atoms with E-state index < -0.39 is 0 Å². The van der Waals surface area contributed by atoms with Crippen LogP contribution in [0, 0.1) is 0 Å². The van der Waals surface area contributed by atoms with Crippen LogP contribution >= 0.6 is 0 Å². The van der Waals surface area contributed by atoms with E-state index in [1.807, 2.05) is 4.90 Å². The molecule has 3 heterocycles. The minimum atomic E-state index is 0.0920. The van der Waals surface area contributed by atoms with E-state index in [1.54, 1.807) is 18.5 Å². The molecule has 0 bridgehead atoms. The van der Waals surface area contributed by atoms with Gasteiger partial charge >= 0.3 is 0 Å². The zero-order valence-corrected chi connectivity index (χ0v) is 11.2. The lowest BCUT2D eigenvalue weighted by molar-refractivity contribution is 0.0771. The van der Waals surface area contributed by atoms with Gasteiger partial charge in [-0.3, -0.25) is 9.69 Å². The third-order valence-electron chi connectivity index (χ3n) is 4.19. The van der Waals surface area contributed by atoms with Crippen LogP contribution in [0.4, 0.5) is 0 Å². The smallest absolute Gasteiger partial charge is 0.255 e. The second kappa shape index (κ2) is 5.65. The number of hydrogen-bond donors (Lipinski definition) is 0. The van der Waals surface area contributed by atoms with Crippen LogP contribution in [0.25, 0.3) is 0 Å². The van der Waals surface area contributed by atoms with E-state index in [2.05, 4.69) is 15.1 Å². The van der Waals surface area contributed by atoms with Crippen LogP contribution in [-0.2, 0) is 0 Å². The Balaban J connectivity index is 1.61. The zero-order chi connectivity index (χ0) is 13.1. The molecule has 2 aliphatic rings. The first-order valence-electron chi connectivity index (χ1n) is 7.14. The summed E-state index contributed by atoms with van der Waals surface area (Å²) in [6.45, 7) is 4.12. The van der Waals surface area contributed by atoms with Crippen molar-refractivity contribution in [3.05, 3.63) is 24.0 Å². The average Bonchev–Trinajstić information content (AvgIpc) is 2.98. The molecule has 1 atom stereocenters. The Morgan fingerprint density at radius 1 is 1.16 bits per heavy atom. The highest BCUT2D eigenvalue weighted by atomic mass is 16.2. The predicted octanol–water partition coefficient (Wildman–Crippen LogP) is 1.18. The largest absolute Gasteiger partial charge is 0.337 e. The van der Waals surface area contributed by atoms with Gasteiger partial charge in [0.2, 0.25) is 0 Å². The molecule has 0 spiro atoms. The van der Waals surface area contributed by atoms with Crippen molar-refractivity contribution in [3.8, 4) is 0 Å². The lowest BCUT2D eigenvalue weighted by Gasteiger charge is -2.32. The Kier molecular flexibility index (Phi) is 3.73. The van der Waals surface area contributed by atoms with Crippen molar-refractivity contribution in [1.82, 2.24) is 20.0 Å². The van der Waals surface area contributed by atoms with Crippen LogP contribution in [0.2, 0.25) is 0 Å². The molecule has 0 N–H and O–H groups in total. The maximum atomic E-state index is 12.3. The number of amides is 1. The predicted molar refractivity (Wildman–Crippen MR) is 71.8 cm³/mol. The lowest BCUT2D eigenvalue weighted by Crippen LogP contribution is -2.41. The standard InChI is InChI=1S/C14H20N4O/c19-14(12-4-6-15-16-10-12)18-9-5-13(11-18)17-7-2-1-3-8-17/h4,6,10,13H,1-3,5,7-9,11H2. The first-order chi connectivity index (χ1) is 9.34. The van der Waals surface area contributed by atoms with Gasteiger partial charge in [-0.2, -0.15) is 10.2 Å². The van der Waals surface area contributed by atoms with Crippen molar-refractivity contribution in [2.24, 2.45) is 0 Å². The molecule has 1 aromatic rings. The fraction of sp³-hybridized carbons (Fsp3) is 0.643. The van der Waals surface area contributed by atoms with E-state index >= 15 is 0 Å². The van der Waals surface area contributed by atoms with Gasteiger partial charge in [0.25, 0.3) is 5.91 Å². The second-order valence-corrected chi connectivity index (χ2v) is 5.42. The Morgan fingerprint density at radius 3 is 2.74 bits per heavy atom. The lowest BCUT2D eigenvalue weighted by atomic mass is 10.1. The summed E-state index contributed by atoms with van der Waals surface area (Å²) in [6.07, 6.45) is 8.19. The van der Waals surface area contributed by atoms with Crippen molar-refractivity contribution in [2.45, 2.75) is 31.7 Å². The number of rotatable bonds is 2. The maximum absolute atomic E-state index is 12.3. The van der Waals surface area contributed by atoms with Crippen LogP contribution in [0.5, 0.6) is 0 Å². The molecule has 102 valence electrons. The molecule has 0 aromatic carbocycles. The van der Waals surface area contributed by atoms with Gasteiger partial charge in [-0.15, -0.1) is 0 Å². The normalized spacial score (nSPS) is 24.6. The highest BCUT2D eigenvalue weighted by Gasteiger charge is 2.31. The maximum Gasteiger partial charge on any atom is 0.255 e. The molecular weight excluding hydrogens is 240 g/mol. The quantitative estimate of drug-likeness (QED) is 0.801. The van der Waals surface area contributed by atoms with E-state index in [9.17, 15) is 4.79 Å². The highest BCUT2D eigenvalue weighted by molar-refractivity contribution is 5.94. The van der Waals surface area contributed by atoms with Crippen molar-refractivity contribution >= 4 is 5.91 Å². The molecule has 2 fully saturated rings. The van der Waals surface area contributed by atoms with Gasteiger partial charge < -0.3 is 4.90 Å². The molecule has 2 saturated heterocycles.